The quantitative estimate of drug-likeness (QED) is 0.819. The summed E-state index contributed by atoms with van der Waals surface area (Å²) in [5.41, 5.74) is 7.37. The van der Waals surface area contributed by atoms with Crippen LogP contribution >= 0.6 is 0 Å². The minimum Gasteiger partial charge on any atom is -0.468 e. The van der Waals surface area contributed by atoms with Gasteiger partial charge in [-0.3, -0.25) is 9.69 Å². The number of carbonyl (C=O) groups excluding carboxylic acids is 1. The number of benzene rings is 1. The molecule has 0 fully saturated rings. The number of furan rings is 1. The van der Waals surface area contributed by atoms with Gasteiger partial charge in [0.2, 0.25) is 5.91 Å². The number of carbonyl (C=O) groups is 1. The Morgan fingerprint density at radius 2 is 2.19 bits per heavy atom. The second kappa shape index (κ2) is 7.61. The molecule has 0 atom stereocenters. The van der Waals surface area contributed by atoms with E-state index in [0.29, 0.717) is 19.6 Å². The molecular formula is C16H21N3O2. The van der Waals surface area contributed by atoms with Crippen LogP contribution in [-0.4, -0.2) is 23.9 Å². The maximum Gasteiger partial charge on any atom is 0.238 e. The lowest BCUT2D eigenvalue weighted by atomic mass is 10.2. The van der Waals surface area contributed by atoms with E-state index in [1.807, 2.05) is 48.2 Å². The summed E-state index contributed by atoms with van der Waals surface area (Å²) in [6, 6.07) is 11.3. The lowest BCUT2D eigenvalue weighted by Gasteiger charge is -2.18. The predicted molar refractivity (Wildman–Crippen MR) is 82.6 cm³/mol. The fourth-order valence-corrected chi connectivity index (χ4v) is 2.08. The van der Waals surface area contributed by atoms with E-state index >= 15 is 0 Å². The van der Waals surface area contributed by atoms with E-state index in [9.17, 15) is 4.79 Å². The molecule has 1 amide bonds. The second-order valence-corrected chi connectivity index (χ2v) is 4.84. The molecule has 0 radical (unpaired) electrons. The highest BCUT2D eigenvalue weighted by Gasteiger charge is 2.11. The second-order valence-electron chi connectivity index (χ2n) is 4.84. The van der Waals surface area contributed by atoms with Gasteiger partial charge >= 0.3 is 0 Å². The molecule has 0 saturated heterocycles. The Morgan fingerprint density at radius 1 is 1.33 bits per heavy atom. The van der Waals surface area contributed by atoms with Crippen molar-refractivity contribution in [1.29, 1.82) is 0 Å². The molecule has 0 aliphatic carbocycles. The molecule has 5 heteroatoms. The number of hydrogen-bond donors (Lipinski definition) is 2. The molecule has 3 N–H and O–H groups in total. The van der Waals surface area contributed by atoms with Crippen molar-refractivity contribution in [3.05, 3.63) is 54.0 Å². The van der Waals surface area contributed by atoms with E-state index in [1.54, 1.807) is 6.26 Å². The summed E-state index contributed by atoms with van der Waals surface area (Å²) in [6.45, 7) is 4.20. The largest absolute Gasteiger partial charge is 0.468 e. The van der Waals surface area contributed by atoms with Crippen LogP contribution in [0.5, 0.6) is 0 Å². The van der Waals surface area contributed by atoms with Gasteiger partial charge in [0.15, 0.2) is 0 Å². The first-order valence-corrected chi connectivity index (χ1v) is 7.05. The van der Waals surface area contributed by atoms with Gasteiger partial charge in [0.05, 0.1) is 19.4 Å². The van der Waals surface area contributed by atoms with Gasteiger partial charge in [0.1, 0.15) is 5.76 Å². The molecular weight excluding hydrogens is 266 g/mol. The normalized spacial score (nSPS) is 10.8. The number of nitrogens with zero attached hydrogens (tertiary/aromatic N) is 1. The number of rotatable bonds is 7. The standard InChI is InChI=1S/C16H21N3O2/c1-2-19(11-15-7-4-8-21-15)12-16(20)18-14-6-3-5-13(9-14)10-17/h3-9H,2,10-12,17H2,1H3,(H,18,20). The first-order chi connectivity index (χ1) is 10.2. The van der Waals surface area contributed by atoms with E-state index in [4.69, 9.17) is 10.2 Å². The number of nitrogens with two attached hydrogens (primary N) is 1. The number of anilines is 1. The van der Waals surface area contributed by atoms with Crippen LogP contribution in [-0.2, 0) is 17.9 Å². The van der Waals surface area contributed by atoms with Crippen molar-refractivity contribution in [2.75, 3.05) is 18.4 Å². The van der Waals surface area contributed by atoms with E-state index in [2.05, 4.69) is 5.32 Å². The van der Waals surface area contributed by atoms with Crippen LogP contribution < -0.4 is 11.1 Å². The summed E-state index contributed by atoms with van der Waals surface area (Å²) >= 11 is 0. The van der Waals surface area contributed by atoms with Crippen molar-refractivity contribution in [3.63, 3.8) is 0 Å². The van der Waals surface area contributed by atoms with Crippen LogP contribution in [0.2, 0.25) is 0 Å². The molecule has 2 rings (SSSR count). The minimum atomic E-state index is -0.0439. The fourth-order valence-electron chi connectivity index (χ4n) is 2.08. The van der Waals surface area contributed by atoms with Crippen molar-refractivity contribution in [3.8, 4) is 0 Å². The van der Waals surface area contributed by atoms with Crippen LogP contribution in [0.15, 0.2) is 47.1 Å². The summed E-state index contributed by atoms with van der Waals surface area (Å²) in [5, 5.41) is 2.89. The molecule has 0 saturated carbocycles. The molecule has 112 valence electrons. The van der Waals surface area contributed by atoms with Gasteiger partial charge in [-0.1, -0.05) is 19.1 Å². The van der Waals surface area contributed by atoms with E-state index in [0.717, 1.165) is 23.6 Å². The molecule has 5 nitrogen and oxygen atoms in total. The number of nitrogens with one attached hydrogen (secondary N) is 1. The lowest BCUT2D eigenvalue weighted by molar-refractivity contribution is -0.117. The molecule has 0 aliphatic heterocycles. The molecule has 2 aromatic rings. The Morgan fingerprint density at radius 3 is 2.86 bits per heavy atom. The lowest BCUT2D eigenvalue weighted by Crippen LogP contribution is -2.32. The highest BCUT2D eigenvalue weighted by atomic mass is 16.3. The highest BCUT2D eigenvalue weighted by molar-refractivity contribution is 5.92. The van der Waals surface area contributed by atoms with Crippen LogP contribution in [0.4, 0.5) is 5.69 Å². The summed E-state index contributed by atoms with van der Waals surface area (Å²) in [6.07, 6.45) is 1.64. The number of hydrogen-bond acceptors (Lipinski definition) is 4. The zero-order chi connectivity index (χ0) is 15.1. The molecule has 1 heterocycles. The van der Waals surface area contributed by atoms with E-state index < -0.39 is 0 Å². The molecule has 1 aromatic heterocycles. The van der Waals surface area contributed by atoms with E-state index in [-0.39, 0.29) is 5.91 Å². The van der Waals surface area contributed by atoms with Gasteiger partial charge in [0.25, 0.3) is 0 Å². The average Bonchev–Trinajstić information content (AvgIpc) is 2.99. The van der Waals surface area contributed by atoms with Crippen molar-refractivity contribution in [1.82, 2.24) is 4.90 Å². The van der Waals surface area contributed by atoms with Crippen molar-refractivity contribution in [2.45, 2.75) is 20.0 Å². The van der Waals surface area contributed by atoms with Crippen molar-refractivity contribution in [2.24, 2.45) is 5.73 Å². The molecule has 0 spiro atoms. The average molecular weight is 287 g/mol. The van der Waals surface area contributed by atoms with Gasteiger partial charge in [0, 0.05) is 12.2 Å². The molecule has 21 heavy (non-hydrogen) atoms. The highest BCUT2D eigenvalue weighted by Crippen LogP contribution is 2.11. The number of likely N-dealkylation sites (N-methyl/N-ethyl adjacent to an activating group) is 1. The Hall–Kier alpha value is -2.11. The first kappa shape index (κ1) is 15.3. The summed E-state index contributed by atoms with van der Waals surface area (Å²) in [5.74, 6) is 0.812. The van der Waals surface area contributed by atoms with E-state index in [1.165, 1.54) is 0 Å². The molecule has 0 bridgehead atoms. The van der Waals surface area contributed by atoms with Gasteiger partial charge in [-0.25, -0.2) is 0 Å². The molecule has 0 unspecified atom stereocenters. The zero-order valence-corrected chi connectivity index (χ0v) is 12.2. The Labute approximate surface area is 124 Å². The third kappa shape index (κ3) is 4.73. The Kier molecular flexibility index (Phi) is 5.54. The topological polar surface area (TPSA) is 71.5 Å². The maximum absolute atomic E-state index is 12.1. The van der Waals surface area contributed by atoms with Gasteiger partial charge in [-0.2, -0.15) is 0 Å². The van der Waals surface area contributed by atoms with Crippen molar-refractivity contribution < 1.29 is 9.21 Å². The SMILES string of the molecule is CCN(CC(=O)Nc1cccc(CN)c1)Cc1ccco1. The minimum absolute atomic E-state index is 0.0439. The van der Waals surface area contributed by atoms with Crippen molar-refractivity contribution >= 4 is 11.6 Å². The van der Waals surface area contributed by atoms with Gasteiger partial charge in [-0.15, -0.1) is 0 Å². The zero-order valence-electron chi connectivity index (χ0n) is 12.2. The van der Waals surface area contributed by atoms with Crippen LogP contribution in [0.25, 0.3) is 0 Å². The molecule has 1 aromatic carbocycles. The van der Waals surface area contributed by atoms with Gasteiger partial charge in [-0.05, 0) is 36.4 Å². The monoisotopic (exact) mass is 287 g/mol. The summed E-state index contributed by atoms with van der Waals surface area (Å²) in [4.78, 5) is 14.1. The van der Waals surface area contributed by atoms with Crippen LogP contribution in [0, 0.1) is 0 Å². The smallest absolute Gasteiger partial charge is 0.238 e. The maximum atomic E-state index is 12.1. The summed E-state index contributed by atoms with van der Waals surface area (Å²) < 4.78 is 5.31. The van der Waals surface area contributed by atoms with Crippen LogP contribution in [0.3, 0.4) is 0 Å². The third-order valence-electron chi connectivity index (χ3n) is 3.22. The third-order valence-corrected chi connectivity index (χ3v) is 3.22. The van der Waals surface area contributed by atoms with Crippen LogP contribution in [0.1, 0.15) is 18.2 Å². The fraction of sp³-hybridized carbons (Fsp3) is 0.312. The first-order valence-electron chi connectivity index (χ1n) is 7.05. The summed E-state index contributed by atoms with van der Waals surface area (Å²) in [7, 11) is 0. The molecule has 0 aliphatic rings. The van der Waals surface area contributed by atoms with Gasteiger partial charge < -0.3 is 15.5 Å². The Bertz CT molecular complexity index is 567. The number of amides is 1. The Balaban J connectivity index is 1.90. The predicted octanol–water partition coefficient (Wildman–Crippen LogP) is 2.20.